The van der Waals surface area contributed by atoms with Gasteiger partial charge in [0, 0.05) is 12.7 Å². The predicted molar refractivity (Wildman–Crippen MR) is 137 cm³/mol. The SMILES string of the molecule is COCCOCOc1ccc(C(C)=Cc2ccc(C(=O)O)cc2)cc1C12CC3CC(CC(C3)C1)C2. The maximum atomic E-state index is 11.2. The molecule has 0 amide bonds. The predicted octanol–water partition coefficient (Wildman–Crippen LogP) is 6.41. The van der Waals surface area contributed by atoms with Gasteiger partial charge in [0.2, 0.25) is 0 Å². The van der Waals surface area contributed by atoms with Crippen LogP contribution < -0.4 is 4.74 Å². The molecular weight excluding hydrogens is 440 g/mol. The number of hydrogen-bond donors (Lipinski definition) is 1. The van der Waals surface area contributed by atoms with Crippen LogP contribution in [0.2, 0.25) is 0 Å². The number of allylic oxidation sites excluding steroid dienone is 1. The molecule has 0 saturated heterocycles. The molecular formula is C30H36O5. The fourth-order valence-electron chi connectivity index (χ4n) is 7.12. The summed E-state index contributed by atoms with van der Waals surface area (Å²) in [7, 11) is 1.67. The number of carbonyl (C=O) groups is 1. The highest BCUT2D eigenvalue weighted by Gasteiger charge is 2.52. The van der Waals surface area contributed by atoms with E-state index >= 15 is 0 Å². The van der Waals surface area contributed by atoms with E-state index in [1.165, 1.54) is 49.7 Å². The summed E-state index contributed by atoms with van der Waals surface area (Å²) in [5, 5.41) is 9.17. The number of carboxylic acids is 1. The Morgan fingerprint density at radius 2 is 1.60 bits per heavy atom. The third-order valence-corrected chi connectivity index (χ3v) is 8.31. The second-order valence-electron chi connectivity index (χ2n) is 10.8. The van der Waals surface area contributed by atoms with Crippen LogP contribution in [-0.2, 0) is 14.9 Å². The summed E-state index contributed by atoms with van der Waals surface area (Å²) >= 11 is 0. The molecule has 5 nitrogen and oxygen atoms in total. The van der Waals surface area contributed by atoms with Crippen LogP contribution in [0.3, 0.4) is 0 Å². The monoisotopic (exact) mass is 476 g/mol. The minimum absolute atomic E-state index is 0.204. The molecule has 0 heterocycles. The molecule has 0 unspecified atom stereocenters. The molecule has 6 rings (SSSR count). The Hall–Kier alpha value is -2.63. The molecule has 4 aliphatic carbocycles. The molecule has 0 atom stereocenters. The number of carboxylic acid groups (broad SMARTS) is 1. The highest BCUT2D eigenvalue weighted by atomic mass is 16.7. The third kappa shape index (κ3) is 5.17. The number of ether oxygens (including phenoxy) is 3. The fraction of sp³-hybridized carbons (Fsp3) is 0.500. The van der Waals surface area contributed by atoms with Gasteiger partial charge in [-0.25, -0.2) is 4.79 Å². The lowest BCUT2D eigenvalue weighted by Crippen LogP contribution is -2.48. The van der Waals surface area contributed by atoms with Crippen molar-refractivity contribution in [2.45, 2.75) is 50.9 Å². The zero-order valence-corrected chi connectivity index (χ0v) is 20.8. The van der Waals surface area contributed by atoms with Crippen LogP contribution in [0.15, 0.2) is 42.5 Å². The van der Waals surface area contributed by atoms with Gasteiger partial charge in [0.1, 0.15) is 5.75 Å². The van der Waals surface area contributed by atoms with Gasteiger partial charge >= 0.3 is 5.97 Å². The van der Waals surface area contributed by atoms with E-state index in [2.05, 4.69) is 31.2 Å². The number of hydrogen-bond acceptors (Lipinski definition) is 4. The van der Waals surface area contributed by atoms with Crippen LogP contribution in [0.5, 0.6) is 5.75 Å². The molecule has 0 aromatic heterocycles. The molecule has 4 bridgehead atoms. The smallest absolute Gasteiger partial charge is 0.335 e. The molecule has 0 spiro atoms. The average molecular weight is 477 g/mol. The summed E-state index contributed by atoms with van der Waals surface area (Å²) in [6.45, 7) is 3.43. The van der Waals surface area contributed by atoms with Gasteiger partial charge in [-0.2, -0.15) is 0 Å². The highest BCUT2D eigenvalue weighted by molar-refractivity contribution is 5.88. The minimum atomic E-state index is -0.903. The van der Waals surface area contributed by atoms with Crippen LogP contribution in [0.1, 0.15) is 72.5 Å². The van der Waals surface area contributed by atoms with E-state index in [9.17, 15) is 9.90 Å². The molecule has 4 fully saturated rings. The standard InChI is InChI=1S/C30H36O5/c1-20(11-21-3-5-25(6-4-21)29(31)32)26-7-8-28(35-19-34-10-9-33-2)27(15-26)30-16-22-12-23(17-30)14-24(13-22)18-30/h3-8,11,15,22-24H,9-10,12-14,16-19H2,1-2H3,(H,31,32). The summed E-state index contributed by atoms with van der Waals surface area (Å²) in [5.74, 6) is 2.59. The Balaban J connectivity index is 1.44. The van der Waals surface area contributed by atoms with Crippen molar-refractivity contribution in [3.05, 3.63) is 64.7 Å². The van der Waals surface area contributed by atoms with Gasteiger partial charge in [-0.15, -0.1) is 0 Å². The van der Waals surface area contributed by atoms with Crippen molar-refractivity contribution in [2.24, 2.45) is 17.8 Å². The molecule has 35 heavy (non-hydrogen) atoms. The van der Waals surface area contributed by atoms with Gasteiger partial charge in [-0.05, 0) is 110 Å². The van der Waals surface area contributed by atoms with Crippen molar-refractivity contribution in [1.82, 2.24) is 0 Å². The van der Waals surface area contributed by atoms with E-state index in [-0.39, 0.29) is 12.2 Å². The molecule has 4 saturated carbocycles. The number of rotatable bonds is 10. The van der Waals surface area contributed by atoms with Gasteiger partial charge in [0.05, 0.1) is 18.8 Å². The van der Waals surface area contributed by atoms with E-state index in [4.69, 9.17) is 14.2 Å². The Morgan fingerprint density at radius 1 is 0.971 bits per heavy atom. The first-order valence-corrected chi connectivity index (χ1v) is 12.8. The first-order chi connectivity index (χ1) is 17.0. The Bertz CT molecular complexity index is 1050. The maximum absolute atomic E-state index is 11.2. The van der Waals surface area contributed by atoms with Crippen molar-refractivity contribution >= 4 is 17.6 Å². The van der Waals surface area contributed by atoms with Gasteiger partial charge < -0.3 is 19.3 Å². The Kier molecular flexibility index (Phi) is 6.99. The fourth-order valence-corrected chi connectivity index (χ4v) is 7.12. The van der Waals surface area contributed by atoms with Crippen LogP contribution in [0.4, 0.5) is 0 Å². The topological polar surface area (TPSA) is 65.0 Å². The van der Waals surface area contributed by atoms with Gasteiger partial charge in [-0.3, -0.25) is 0 Å². The van der Waals surface area contributed by atoms with Crippen molar-refractivity contribution in [3.8, 4) is 5.75 Å². The minimum Gasteiger partial charge on any atom is -0.478 e. The zero-order valence-electron chi connectivity index (χ0n) is 20.8. The van der Waals surface area contributed by atoms with Crippen LogP contribution in [0.25, 0.3) is 11.6 Å². The Morgan fingerprint density at radius 3 is 2.20 bits per heavy atom. The third-order valence-electron chi connectivity index (χ3n) is 8.31. The van der Waals surface area contributed by atoms with Gasteiger partial charge in [0.25, 0.3) is 0 Å². The lowest BCUT2D eigenvalue weighted by Gasteiger charge is -2.57. The van der Waals surface area contributed by atoms with E-state index in [0.717, 1.165) is 34.6 Å². The second-order valence-corrected chi connectivity index (χ2v) is 10.8. The molecule has 4 aliphatic rings. The van der Waals surface area contributed by atoms with Crippen molar-refractivity contribution in [2.75, 3.05) is 27.1 Å². The normalized spacial score (nSPS) is 27.3. The first-order valence-electron chi connectivity index (χ1n) is 12.8. The van der Waals surface area contributed by atoms with E-state index in [1.54, 1.807) is 19.2 Å². The van der Waals surface area contributed by atoms with Crippen LogP contribution in [-0.4, -0.2) is 38.2 Å². The number of methoxy groups -OCH3 is 1. The van der Waals surface area contributed by atoms with Crippen molar-refractivity contribution in [3.63, 3.8) is 0 Å². The number of benzene rings is 2. The largest absolute Gasteiger partial charge is 0.478 e. The van der Waals surface area contributed by atoms with Crippen LogP contribution >= 0.6 is 0 Å². The van der Waals surface area contributed by atoms with Crippen molar-refractivity contribution < 1.29 is 24.1 Å². The summed E-state index contributed by atoms with van der Waals surface area (Å²) in [6.07, 6.45) is 10.1. The van der Waals surface area contributed by atoms with Gasteiger partial charge in [-0.1, -0.05) is 24.3 Å². The molecule has 2 aromatic carbocycles. The maximum Gasteiger partial charge on any atom is 0.335 e. The quantitative estimate of drug-likeness (QED) is 0.244. The summed E-state index contributed by atoms with van der Waals surface area (Å²) < 4.78 is 16.9. The summed E-state index contributed by atoms with van der Waals surface area (Å²) in [5.41, 5.74) is 5.19. The lowest BCUT2D eigenvalue weighted by atomic mass is 9.48. The van der Waals surface area contributed by atoms with E-state index in [1.807, 2.05) is 12.1 Å². The second kappa shape index (κ2) is 10.2. The molecule has 0 aliphatic heterocycles. The first kappa shape index (κ1) is 24.1. The molecule has 5 heteroatoms. The van der Waals surface area contributed by atoms with Crippen molar-refractivity contribution in [1.29, 1.82) is 0 Å². The molecule has 2 aromatic rings. The van der Waals surface area contributed by atoms with E-state index in [0.29, 0.717) is 18.8 Å². The average Bonchev–Trinajstić information content (AvgIpc) is 2.83. The molecule has 0 radical (unpaired) electrons. The molecule has 1 N–H and O–H groups in total. The number of aromatic carboxylic acids is 1. The van der Waals surface area contributed by atoms with E-state index < -0.39 is 5.97 Å². The zero-order chi connectivity index (χ0) is 24.4. The summed E-state index contributed by atoms with van der Waals surface area (Å²) in [6, 6.07) is 13.6. The van der Waals surface area contributed by atoms with Crippen LogP contribution in [0, 0.1) is 17.8 Å². The lowest BCUT2D eigenvalue weighted by molar-refractivity contribution is -0.0189. The Labute approximate surface area is 208 Å². The summed E-state index contributed by atoms with van der Waals surface area (Å²) in [4.78, 5) is 11.2. The van der Waals surface area contributed by atoms with Gasteiger partial charge in [0.15, 0.2) is 6.79 Å². The molecule has 186 valence electrons. The highest BCUT2D eigenvalue weighted by Crippen LogP contribution is 2.62.